The smallest absolute Gasteiger partial charge is 0.222 e. The number of carbonyl (C=O) groups excluding carboxylic acids is 1. The van der Waals surface area contributed by atoms with Crippen LogP contribution in [0.15, 0.2) is 54.6 Å². The molecular weight excluding hydrogens is 324 g/mol. The lowest BCUT2D eigenvalue weighted by Gasteiger charge is -2.22. The number of benzene rings is 2. The second kappa shape index (κ2) is 9.39. The zero-order valence-corrected chi connectivity index (χ0v) is 15.6. The van der Waals surface area contributed by atoms with Crippen molar-refractivity contribution in [2.24, 2.45) is 0 Å². The zero-order chi connectivity index (χ0) is 18.2. The Bertz CT molecular complexity index is 702. The summed E-state index contributed by atoms with van der Waals surface area (Å²) in [5.74, 6) is 1.11. The molecule has 0 atom stereocenters. The van der Waals surface area contributed by atoms with Crippen molar-refractivity contribution < 1.29 is 9.53 Å². The van der Waals surface area contributed by atoms with Gasteiger partial charge in [-0.3, -0.25) is 9.69 Å². The van der Waals surface area contributed by atoms with Gasteiger partial charge in [-0.25, -0.2) is 0 Å². The first kappa shape index (κ1) is 18.5. The first-order valence-electron chi connectivity index (χ1n) is 9.41. The second-order valence-electron chi connectivity index (χ2n) is 6.85. The number of ether oxygens (including phenoxy) is 1. The molecule has 0 aliphatic carbocycles. The van der Waals surface area contributed by atoms with Crippen molar-refractivity contribution in [2.75, 3.05) is 33.3 Å². The van der Waals surface area contributed by atoms with Crippen LogP contribution in [0.5, 0.6) is 5.75 Å². The van der Waals surface area contributed by atoms with E-state index >= 15 is 0 Å². The van der Waals surface area contributed by atoms with Crippen LogP contribution < -0.4 is 4.74 Å². The molecule has 26 heavy (non-hydrogen) atoms. The zero-order valence-electron chi connectivity index (χ0n) is 15.6. The third-order valence-corrected chi connectivity index (χ3v) is 4.95. The number of amides is 1. The van der Waals surface area contributed by atoms with Crippen LogP contribution >= 0.6 is 0 Å². The molecule has 0 N–H and O–H groups in total. The highest BCUT2D eigenvalue weighted by atomic mass is 16.5. The predicted octanol–water partition coefficient (Wildman–Crippen LogP) is 3.36. The van der Waals surface area contributed by atoms with Gasteiger partial charge in [-0.1, -0.05) is 42.5 Å². The van der Waals surface area contributed by atoms with Crippen molar-refractivity contribution in [3.05, 3.63) is 65.7 Å². The molecule has 0 unspecified atom stereocenters. The fourth-order valence-corrected chi connectivity index (χ4v) is 3.46. The highest BCUT2D eigenvalue weighted by Crippen LogP contribution is 2.15. The lowest BCUT2D eigenvalue weighted by molar-refractivity contribution is -0.131. The number of hydrogen-bond acceptors (Lipinski definition) is 3. The molecule has 2 aromatic rings. The minimum absolute atomic E-state index is 0.259. The molecule has 0 radical (unpaired) electrons. The molecule has 1 aliphatic rings. The third-order valence-electron chi connectivity index (χ3n) is 4.95. The van der Waals surface area contributed by atoms with E-state index in [9.17, 15) is 4.79 Å². The molecule has 4 nitrogen and oxygen atoms in total. The van der Waals surface area contributed by atoms with Gasteiger partial charge in [0.1, 0.15) is 5.75 Å². The molecular formula is C22H28N2O2. The van der Waals surface area contributed by atoms with Crippen LogP contribution in [0.3, 0.4) is 0 Å². The van der Waals surface area contributed by atoms with Crippen molar-refractivity contribution in [1.29, 1.82) is 0 Å². The van der Waals surface area contributed by atoms with E-state index in [0.717, 1.165) is 56.9 Å². The van der Waals surface area contributed by atoms with Crippen LogP contribution in [0.1, 0.15) is 24.0 Å². The SMILES string of the molecule is COc1cccc(CCC(=O)N2CCCN(Cc3ccccc3)CC2)c1. The topological polar surface area (TPSA) is 32.8 Å². The van der Waals surface area contributed by atoms with Gasteiger partial charge < -0.3 is 9.64 Å². The van der Waals surface area contributed by atoms with E-state index in [0.29, 0.717) is 6.42 Å². The summed E-state index contributed by atoms with van der Waals surface area (Å²) in [5, 5.41) is 0. The van der Waals surface area contributed by atoms with Crippen LogP contribution in [0.25, 0.3) is 0 Å². The number of hydrogen-bond donors (Lipinski definition) is 0. The Balaban J connectivity index is 1.47. The van der Waals surface area contributed by atoms with Crippen molar-refractivity contribution in [1.82, 2.24) is 9.80 Å². The number of aryl methyl sites for hydroxylation is 1. The van der Waals surface area contributed by atoms with E-state index in [1.807, 2.05) is 23.1 Å². The predicted molar refractivity (Wildman–Crippen MR) is 104 cm³/mol. The van der Waals surface area contributed by atoms with E-state index in [-0.39, 0.29) is 5.91 Å². The Morgan fingerprint density at radius 1 is 0.962 bits per heavy atom. The number of rotatable bonds is 6. The fourth-order valence-electron chi connectivity index (χ4n) is 3.46. The number of nitrogens with zero attached hydrogens (tertiary/aromatic N) is 2. The lowest BCUT2D eigenvalue weighted by atomic mass is 10.1. The van der Waals surface area contributed by atoms with Crippen LogP contribution in [-0.4, -0.2) is 49.0 Å². The first-order chi connectivity index (χ1) is 12.7. The van der Waals surface area contributed by atoms with E-state index in [1.165, 1.54) is 5.56 Å². The normalized spacial score (nSPS) is 15.5. The van der Waals surface area contributed by atoms with Gasteiger partial charge in [0.25, 0.3) is 0 Å². The highest BCUT2D eigenvalue weighted by molar-refractivity contribution is 5.76. The molecule has 2 aromatic carbocycles. The maximum atomic E-state index is 12.6. The standard InChI is InChI=1S/C22H28N2O2/c1-26-21-10-5-9-19(17-21)11-12-22(25)24-14-6-13-23(15-16-24)18-20-7-3-2-4-8-20/h2-5,7-10,17H,6,11-16,18H2,1H3. The maximum absolute atomic E-state index is 12.6. The summed E-state index contributed by atoms with van der Waals surface area (Å²) in [4.78, 5) is 17.1. The molecule has 0 spiro atoms. The highest BCUT2D eigenvalue weighted by Gasteiger charge is 2.19. The van der Waals surface area contributed by atoms with E-state index in [2.05, 4.69) is 41.3 Å². The second-order valence-corrected chi connectivity index (χ2v) is 6.85. The van der Waals surface area contributed by atoms with Gasteiger partial charge in [-0.15, -0.1) is 0 Å². The Hall–Kier alpha value is -2.33. The first-order valence-corrected chi connectivity index (χ1v) is 9.41. The van der Waals surface area contributed by atoms with Crippen molar-refractivity contribution >= 4 is 5.91 Å². The molecule has 1 fully saturated rings. The molecule has 1 aliphatic heterocycles. The molecule has 4 heteroatoms. The van der Waals surface area contributed by atoms with Gasteiger partial charge in [-0.2, -0.15) is 0 Å². The number of carbonyl (C=O) groups is 1. The van der Waals surface area contributed by atoms with Crippen molar-refractivity contribution in [3.8, 4) is 5.75 Å². The molecule has 1 heterocycles. The average molecular weight is 352 g/mol. The summed E-state index contributed by atoms with van der Waals surface area (Å²) >= 11 is 0. The van der Waals surface area contributed by atoms with Gasteiger partial charge in [0, 0.05) is 39.1 Å². The molecule has 1 amide bonds. The van der Waals surface area contributed by atoms with E-state index in [4.69, 9.17) is 4.74 Å². The summed E-state index contributed by atoms with van der Waals surface area (Å²) in [6, 6.07) is 18.5. The van der Waals surface area contributed by atoms with Gasteiger partial charge in [0.05, 0.1) is 7.11 Å². The summed E-state index contributed by atoms with van der Waals surface area (Å²) in [5.41, 5.74) is 2.49. The molecule has 0 aromatic heterocycles. The minimum atomic E-state index is 0.259. The molecule has 1 saturated heterocycles. The van der Waals surface area contributed by atoms with Crippen LogP contribution in [0.2, 0.25) is 0 Å². The van der Waals surface area contributed by atoms with Crippen LogP contribution in [-0.2, 0) is 17.8 Å². The summed E-state index contributed by atoms with van der Waals surface area (Å²) in [6.07, 6.45) is 2.36. The van der Waals surface area contributed by atoms with Gasteiger partial charge in [0.15, 0.2) is 0 Å². The molecule has 0 bridgehead atoms. The van der Waals surface area contributed by atoms with Gasteiger partial charge in [-0.05, 0) is 36.1 Å². The summed E-state index contributed by atoms with van der Waals surface area (Å²) < 4.78 is 5.25. The Kier molecular flexibility index (Phi) is 6.67. The largest absolute Gasteiger partial charge is 0.497 e. The van der Waals surface area contributed by atoms with Gasteiger partial charge >= 0.3 is 0 Å². The maximum Gasteiger partial charge on any atom is 0.222 e. The minimum Gasteiger partial charge on any atom is -0.497 e. The Morgan fingerprint density at radius 2 is 1.77 bits per heavy atom. The van der Waals surface area contributed by atoms with Crippen LogP contribution in [0, 0.1) is 0 Å². The van der Waals surface area contributed by atoms with E-state index < -0.39 is 0 Å². The van der Waals surface area contributed by atoms with E-state index in [1.54, 1.807) is 7.11 Å². The van der Waals surface area contributed by atoms with Crippen molar-refractivity contribution in [3.63, 3.8) is 0 Å². The quantitative estimate of drug-likeness (QED) is 0.799. The Morgan fingerprint density at radius 3 is 2.58 bits per heavy atom. The van der Waals surface area contributed by atoms with Gasteiger partial charge in [0.2, 0.25) is 5.91 Å². The Labute approximate surface area is 156 Å². The number of methoxy groups -OCH3 is 1. The fraction of sp³-hybridized carbons (Fsp3) is 0.409. The summed E-state index contributed by atoms with van der Waals surface area (Å²) in [7, 11) is 1.67. The van der Waals surface area contributed by atoms with Crippen LogP contribution in [0.4, 0.5) is 0 Å². The monoisotopic (exact) mass is 352 g/mol. The third kappa shape index (κ3) is 5.33. The molecule has 138 valence electrons. The van der Waals surface area contributed by atoms with Crippen molar-refractivity contribution in [2.45, 2.75) is 25.8 Å². The molecule has 0 saturated carbocycles. The lowest BCUT2D eigenvalue weighted by Crippen LogP contribution is -2.35. The molecule has 3 rings (SSSR count). The average Bonchev–Trinajstić information content (AvgIpc) is 2.93. The summed E-state index contributed by atoms with van der Waals surface area (Å²) in [6.45, 7) is 4.65.